The number of nitrogens with two attached hydrogens (primary N) is 1. The third-order valence-corrected chi connectivity index (χ3v) is 1.11. The van der Waals surface area contributed by atoms with Gasteiger partial charge in [0.15, 0.2) is 0 Å². The smallest absolute Gasteiger partial charge is 0.257 e. The Morgan fingerprint density at radius 2 is 1.88 bits per heavy atom. The Morgan fingerprint density at radius 1 is 1.50 bits per heavy atom. The first-order chi connectivity index (χ1) is 3.42. The van der Waals surface area contributed by atoms with Crippen molar-refractivity contribution in [1.82, 2.24) is 0 Å². The van der Waals surface area contributed by atoms with Gasteiger partial charge in [0.1, 0.15) is 5.75 Å². The van der Waals surface area contributed by atoms with Crippen molar-refractivity contribution in [1.29, 1.82) is 0 Å². The summed E-state index contributed by atoms with van der Waals surface area (Å²) in [5.41, 5.74) is 0. The van der Waals surface area contributed by atoms with Gasteiger partial charge < -0.3 is 0 Å². The van der Waals surface area contributed by atoms with Crippen LogP contribution in [0.5, 0.6) is 0 Å². The second kappa shape index (κ2) is 2.58. The maximum Gasteiger partial charge on any atom is 0.257 e. The molecule has 3 nitrogen and oxygen atoms in total. The van der Waals surface area contributed by atoms with Crippen LogP contribution in [-0.4, -0.2) is 21.3 Å². The van der Waals surface area contributed by atoms with Gasteiger partial charge in [0, 0.05) is 0 Å². The quantitative estimate of drug-likeness (QED) is 0.543. The van der Waals surface area contributed by atoms with Crippen LogP contribution in [-0.2, 0) is 0 Å². The van der Waals surface area contributed by atoms with Crippen LogP contribution in [0.3, 0.4) is 0 Å². The van der Waals surface area contributed by atoms with Gasteiger partial charge in [0.05, 0.1) is 0 Å². The van der Waals surface area contributed by atoms with Crippen LogP contribution in [0.2, 0.25) is 0 Å². The fraction of sp³-hybridized carbons (Fsp3) is 1.00. The van der Waals surface area contributed by atoms with Gasteiger partial charge in [-0.25, -0.2) is 13.9 Å². The van der Waals surface area contributed by atoms with E-state index in [-0.39, 0.29) is 0 Å². The van der Waals surface area contributed by atoms with Crippen LogP contribution in [0.25, 0.3) is 0 Å². The Hall–Kier alpha value is 0.0900. The lowest BCUT2D eigenvalue weighted by atomic mass is 10.9. The van der Waals surface area contributed by atoms with E-state index in [0.29, 0.717) is 0 Å². The molecule has 0 atom stereocenters. The average Bonchev–Trinajstić information content (AvgIpc) is 1.21. The number of hydrogen-bond acceptors (Lipinski definition) is 3. The minimum atomic E-state index is -3.47. The summed E-state index contributed by atoms with van der Waals surface area (Å²) in [6, 6.07) is 0. The third kappa shape index (κ3) is 6.09. The Bertz CT molecular complexity index is 72.9. The maximum atomic E-state index is 11.2. The minimum absolute atomic E-state index is 1.03. The van der Waals surface area contributed by atoms with Crippen LogP contribution >= 0.6 is 10.8 Å². The normalized spacial score (nSPS) is 14.8. The maximum absolute atomic E-state index is 11.2. The summed E-state index contributed by atoms with van der Waals surface area (Å²) in [6.45, 7) is 0. The van der Waals surface area contributed by atoms with E-state index in [1.807, 2.05) is 0 Å². The van der Waals surface area contributed by atoms with E-state index in [0.717, 1.165) is 0 Å². The first-order valence-corrected chi connectivity index (χ1v) is 3.51. The van der Waals surface area contributed by atoms with Crippen molar-refractivity contribution in [3.63, 3.8) is 0 Å². The number of rotatable bonds is 2. The second-order valence-electron chi connectivity index (χ2n) is 1.28. The summed E-state index contributed by atoms with van der Waals surface area (Å²) in [5.74, 6) is -1.03. The standard InChI is InChI=1S/C2H7F2NO2S/c3-2(4)1-8(5,6)7/h2,6-7H,1,5H2. The van der Waals surface area contributed by atoms with Gasteiger partial charge in [-0.15, -0.1) is 10.8 Å². The van der Waals surface area contributed by atoms with Gasteiger partial charge >= 0.3 is 0 Å². The zero-order valence-corrected chi connectivity index (χ0v) is 4.74. The van der Waals surface area contributed by atoms with E-state index < -0.39 is 23.0 Å². The van der Waals surface area contributed by atoms with Gasteiger partial charge in [-0.1, -0.05) is 0 Å². The molecule has 0 spiro atoms. The predicted octanol–water partition coefficient (Wildman–Crippen LogP) is 0.876. The van der Waals surface area contributed by atoms with E-state index in [2.05, 4.69) is 5.14 Å². The highest BCUT2D eigenvalue weighted by molar-refractivity contribution is 8.22. The highest BCUT2D eigenvalue weighted by atomic mass is 32.3. The first-order valence-electron chi connectivity index (χ1n) is 1.73. The molecule has 0 aliphatic rings. The molecule has 0 aromatic rings. The highest BCUT2D eigenvalue weighted by Gasteiger charge is 2.12. The molecule has 0 aromatic carbocycles. The fourth-order valence-corrected chi connectivity index (χ4v) is 0.556. The van der Waals surface area contributed by atoms with E-state index in [1.165, 1.54) is 0 Å². The van der Waals surface area contributed by atoms with Crippen molar-refractivity contribution in [2.75, 3.05) is 5.75 Å². The highest BCUT2D eigenvalue weighted by Crippen LogP contribution is 2.29. The molecule has 0 rings (SSSR count). The Labute approximate surface area is 47.0 Å². The zero-order valence-electron chi connectivity index (χ0n) is 3.92. The molecule has 0 saturated carbocycles. The van der Waals surface area contributed by atoms with Crippen molar-refractivity contribution < 1.29 is 17.9 Å². The summed E-state index contributed by atoms with van der Waals surface area (Å²) < 4.78 is 38.6. The molecule has 0 aliphatic heterocycles. The SMILES string of the molecule is NS(O)(O)CC(F)F. The monoisotopic (exact) mass is 147 g/mol. The second-order valence-corrected chi connectivity index (χ2v) is 3.04. The van der Waals surface area contributed by atoms with Crippen molar-refractivity contribution in [2.24, 2.45) is 5.14 Å². The van der Waals surface area contributed by atoms with Crippen LogP contribution < -0.4 is 5.14 Å². The van der Waals surface area contributed by atoms with Crippen LogP contribution in [0.15, 0.2) is 0 Å². The molecule has 0 saturated heterocycles. The molecule has 6 heteroatoms. The molecule has 0 fully saturated rings. The van der Waals surface area contributed by atoms with Gasteiger partial charge in [-0.3, -0.25) is 9.11 Å². The van der Waals surface area contributed by atoms with Crippen LogP contribution in [0.4, 0.5) is 8.78 Å². The van der Waals surface area contributed by atoms with Crippen molar-refractivity contribution in [3.05, 3.63) is 0 Å². The van der Waals surface area contributed by atoms with Gasteiger partial charge in [-0.05, 0) is 0 Å². The van der Waals surface area contributed by atoms with Gasteiger partial charge in [-0.2, -0.15) is 0 Å². The molecule has 0 amide bonds. The molecular formula is C2H7F2NO2S. The molecule has 4 N–H and O–H groups in total. The topological polar surface area (TPSA) is 66.5 Å². The lowest BCUT2D eigenvalue weighted by molar-refractivity contribution is 0.171. The van der Waals surface area contributed by atoms with Crippen LogP contribution in [0.1, 0.15) is 0 Å². The Morgan fingerprint density at radius 3 is 1.88 bits per heavy atom. The molecule has 0 aromatic heterocycles. The minimum Gasteiger partial charge on any atom is -0.286 e. The lowest BCUT2D eigenvalue weighted by Crippen LogP contribution is -2.17. The van der Waals surface area contributed by atoms with Crippen LogP contribution in [0, 0.1) is 0 Å². The lowest BCUT2D eigenvalue weighted by Gasteiger charge is -2.24. The van der Waals surface area contributed by atoms with E-state index in [1.54, 1.807) is 0 Å². The summed E-state index contributed by atoms with van der Waals surface area (Å²) >= 11 is 0. The summed E-state index contributed by atoms with van der Waals surface area (Å²) in [6.07, 6.45) is -2.75. The molecule has 8 heavy (non-hydrogen) atoms. The van der Waals surface area contributed by atoms with E-state index in [9.17, 15) is 8.78 Å². The molecule has 0 bridgehead atoms. The molecule has 52 valence electrons. The number of hydrogen-bond donors (Lipinski definition) is 3. The molecule has 0 unspecified atom stereocenters. The van der Waals surface area contributed by atoms with E-state index >= 15 is 0 Å². The predicted molar refractivity (Wildman–Crippen MR) is 27.9 cm³/mol. The number of alkyl halides is 2. The molecular weight excluding hydrogens is 140 g/mol. The molecule has 0 aliphatic carbocycles. The van der Waals surface area contributed by atoms with Gasteiger partial charge in [0.25, 0.3) is 6.43 Å². The van der Waals surface area contributed by atoms with Gasteiger partial charge in [0.2, 0.25) is 0 Å². The number of halogens is 2. The zero-order chi connectivity index (χ0) is 6.78. The van der Waals surface area contributed by atoms with E-state index in [4.69, 9.17) is 9.11 Å². The van der Waals surface area contributed by atoms with Crippen molar-refractivity contribution in [3.8, 4) is 0 Å². The fourth-order valence-electron chi connectivity index (χ4n) is 0.185. The van der Waals surface area contributed by atoms with Crippen molar-refractivity contribution in [2.45, 2.75) is 6.43 Å². The summed E-state index contributed by atoms with van der Waals surface area (Å²) in [5, 5.41) is 4.45. The molecule has 0 heterocycles. The summed E-state index contributed by atoms with van der Waals surface area (Å²) in [4.78, 5) is 0. The Kier molecular flexibility index (Phi) is 2.61. The Balaban J connectivity index is 3.39. The largest absolute Gasteiger partial charge is 0.286 e. The summed E-state index contributed by atoms with van der Waals surface area (Å²) in [7, 11) is -3.47. The van der Waals surface area contributed by atoms with Crippen molar-refractivity contribution >= 4 is 10.8 Å². The third-order valence-electron chi connectivity index (χ3n) is 0.371. The molecule has 0 radical (unpaired) electrons. The average molecular weight is 147 g/mol. The first kappa shape index (κ1) is 8.09.